The Morgan fingerprint density at radius 1 is 1.04 bits per heavy atom. The lowest BCUT2D eigenvalue weighted by molar-refractivity contribution is 0.611. The van der Waals surface area contributed by atoms with E-state index in [-0.39, 0.29) is 5.82 Å². The highest BCUT2D eigenvalue weighted by atomic mass is 19.1. The molecular formula is C17H14FN5. The fourth-order valence-electron chi connectivity index (χ4n) is 2.79. The van der Waals surface area contributed by atoms with Crippen LogP contribution < -0.4 is 0 Å². The third-order valence-corrected chi connectivity index (χ3v) is 3.99. The van der Waals surface area contributed by atoms with E-state index in [1.54, 1.807) is 18.2 Å². The highest BCUT2D eigenvalue weighted by molar-refractivity contribution is 5.91. The predicted octanol–water partition coefficient (Wildman–Crippen LogP) is 3.27. The molecule has 0 aliphatic carbocycles. The number of nitrogens with zero attached hydrogens (tertiary/aromatic N) is 5. The van der Waals surface area contributed by atoms with Crippen LogP contribution in [-0.2, 0) is 7.05 Å². The smallest absolute Gasteiger partial charge is 0.165 e. The average molecular weight is 307 g/mol. The molecule has 0 saturated carbocycles. The summed E-state index contributed by atoms with van der Waals surface area (Å²) < 4.78 is 17.7. The summed E-state index contributed by atoms with van der Waals surface area (Å²) in [5.74, 6) is 1.15. The summed E-state index contributed by atoms with van der Waals surface area (Å²) >= 11 is 0. The fourth-order valence-corrected chi connectivity index (χ4v) is 2.79. The van der Waals surface area contributed by atoms with Gasteiger partial charge in [-0.3, -0.25) is 0 Å². The van der Waals surface area contributed by atoms with Gasteiger partial charge in [0.2, 0.25) is 0 Å². The molecule has 0 saturated heterocycles. The number of fused-ring (bicyclic) bond motifs is 1. The van der Waals surface area contributed by atoms with Crippen LogP contribution in [0.3, 0.4) is 0 Å². The molecule has 0 unspecified atom stereocenters. The number of benzene rings is 2. The minimum absolute atomic E-state index is 0.340. The Balaban J connectivity index is 2.01. The molecule has 0 aliphatic rings. The molecule has 0 spiro atoms. The molecular weight excluding hydrogens is 293 g/mol. The molecule has 0 radical (unpaired) electrons. The van der Waals surface area contributed by atoms with Crippen LogP contribution in [0.1, 0.15) is 5.82 Å². The number of rotatable bonds is 2. The Morgan fingerprint density at radius 2 is 1.87 bits per heavy atom. The zero-order chi connectivity index (χ0) is 16.0. The zero-order valence-electron chi connectivity index (χ0n) is 12.7. The fraction of sp³-hybridized carbons (Fsp3) is 0.118. The first kappa shape index (κ1) is 13.6. The van der Waals surface area contributed by atoms with Crippen molar-refractivity contribution in [3.8, 4) is 17.1 Å². The van der Waals surface area contributed by atoms with Gasteiger partial charge in [-0.05, 0) is 31.2 Å². The van der Waals surface area contributed by atoms with Gasteiger partial charge in [-0.25, -0.2) is 19.0 Å². The lowest BCUT2D eigenvalue weighted by Gasteiger charge is -2.09. The number of imidazole rings is 1. The highest BCUT2D eigenvalue weighted by Crippen LogP contribution is 2.29. The predicted molar refractivity (Wildman–Crippen MR) is 85.8 cm³/mol. The maximum Gasteiger partial charge on any atom is 0.165 e. The van der Waals surface area contributed by atoms with Gasteiger partial charge in [-0.15, -0.1) is 0 Å². The molecule has 2 aromatic heterocycles. The largest absolute Gasteiger partial charge is 0.331 e. The van der Waals surface area contributed by atoms with E-state index >= 15 is 0 Å². The number of aryl methyl sites for hydroxylation is 2. The minimum atomic E-state index is -0.340. The van der Waals surface area contributed by atoms with Gasteiger partial charge in [-0.2, -0.15) is 5.10 Å². The summed E-state index contributed by atoms with van der Waals surface area (Å²) in [4.78, 5) is 8.88. The standard InChI is InChI=1S/C17H14FN5/c1-11-21-14-8-5-6-12(16(14)22(11)2)17-19-10-20-23(17)15-9-4-3-7-13(15)18/h3-10H,1-2H3. The van der Waals surface area contributed by atoms with Crippen molar-refractivity contribution < 1.29 is 4.39 Å². The molecule has 2 aromatic carbocycles. The van der Waals surface area contributed by atoms with Crippen LogP contribution in [-0.4, -0.2) is 24.3 Å². The number of hydrogen-bond donors (Lipinski definition) is 0. The van der Waals surface area contributed by atoms with Crippen LogP contribution in [0.2, 0.25) is 0 Å². The first-order valence-electron chi connectivity index (χ1n) is 7.24. The number of halogens is 1. The molecule has 6 heteroatoms. The summed E-state index contributed by atoms with van der Waals surface area (Å²) in [5, 5.41) is 4.20. The second-order valence-electron chi connectivity index (χ2n) is 5.34. The van der Waals surface area contributed by atoms with E-state index < -0.39 is 0 Å². The van der Waals surface area contributed by atoms with Crippen molar-refractivity contribution in [2.45, 2.75) is 6.92 Å². The third kappa shape index (κ3) is 2.03. The van der Waals surface area contributed by atoms with Gasteiger partial charge >= 0.3 is 0 Å². The molecule has 0 atom stereocenters. The van der Waals surface area contributed by atoms with E-state index in [1.165, 1.54) is 17.1 Å². The maximum atomic E-state index is 14.1. The average Bonchev–Trinajstić information content (AvgIpc) is 3.13. The number of aromatic nitrogens is 5. The Hall–Kier alpha value is -3.02. The van der Waals surface area contributed by atoms with Crippen molar-refractivity contribution in [2.75, 3.05) is 0 Å². The molecule has 0 fully saturated rings. The van der Waals surface area contributed by atoms with Gasteiger partial charge in [0.15, 0.2) is 5.82 Å². The van der Waals surface area contributed by atoms with Crippen molar-refractivity contribution in [2.24, 2.45) is 7.05 Å². The van der Waals surface area contributed by atoms with Crippen LogP contribution in [0.15, 0.2) is 48.8 Å². The molecule has 0 amide bonds. The zero-order valence-corrected chi connectivity index (χ0v) is 12.7. The van der Waals surface area contributed by atoms with E-state index in [9.17, 15) is 4.39 Å². The summed E-state index contributed by atoms with van der Waals surface area (Å²) in [6.45, 7) is 1.95. The number of para-hydroxylation sites is 2. The summed E-state index contributed by atoms with van der Waals surface area (Å²) in [7, 11) is 1.96. The minimum Gasteiger partial charge on any atom is -0.331 e. The van der Waals surface area contributed by atoms with E-state index in [2.05, 4.69) is 15.1 Å². The van der Waals surface area contributed by atoms with Gasteiger partial charge < -0.3 is 4.57 Å². The second kappa shape index (κ2) is 5.01. The molecule has 0 N–H and O–H groups in total. The Kier molecular flexibility index (Phi) is 2.97. The normalized spacial score (nSPS) is 11.3. The molecule has 23 heavy (non-hydrogen) atoms. The summed E-state index contributed by atoms with van der Waals surface area (Å²) in [5.41, 5.74) is 3.07. The third-order valence-electron chi connectivity index (χ3n) is 3.99. The molecule has 4 rings (SSSR count). The van der Waals surface area contributed by atoms with Crippen LogP contribution in [0.25, 0.3) is 28.1 Å². The van der Waals surface area contributed by atoms with E-state index in [1.807, 2.05) is 36.7 Å². The maximum absolute atomic E-state index is 14.1. The SMILES string of the molecule is Cc1nc2cccc(-c3ncnn3-c3ccccc3F)c2n1C. The first-order valence-corrected chi connectivity index (χ1v) is 7.24. The van der Waals surface area contributed by atoms with Gasteiger partial charge in [0, 0.05) is 12.6 Å². The Labute approximate surface area is 132 Å². The Morgan fingerprint density at radius 3 is 2.70 bits per heavy atom. The van der Waals surface area contributed by atoms with Crippen LogP contribution in [0.5, 0.6) is 0 Å². The van der Waals surface area contributed by atoms with Gasteiger partial charge in [0.25, 0.3) is 0 Å². The molecule has 5 nitrogen and oxygen atoms in total. The van der Waals surface area contributed by atoms with Crippen molar-refractivity contribution in [3.63, 3.8) is 0 Å². The molecule has 114 valence electrons. The van der Waals surface area contributed by atoms with Gasteiger partial charge in [0.1, 0.15) is 23.7 Å². The molecule has 2 heterocycles. The molecule has 0 aliphatic heterocycles. The van der Waals surface area contributed by atoms with Crippen molar-refractivity contribution in [3.05, 3.63) is 60.4 Å². The lowest BCUT2D eigenvalue weighted by Crippen LogP contribution is -2.03. The number of hydrogen-bond acceptors (Lipinski definition) is 3. The second-order valence-corrected chi connectivity index (χ2v) is 5.34. The van der Waals surface area contributed by atoms with E-state index in [4.69, 9.17) is 0 Å². The first-order chi connectivity index (χ1) is 11.2. The van der Waals surface area contributed by atoms with E-state index in [0.717, 1.165) is 22.4 Å². The van der Waals surface area contributed by atoms with Crippen molar-refractivity contribution >= 4 is 11.0 Å². The van der Waals surface area contributed by atoms with Crippen molar-refractivity contribution in [1.29, 1.82) is 0 Å². The Bertz CT molecular complexity index is 1010. The lowest BCUT2D eigenvalue weighted by atomic mass is 10.1. The van der Waals surface area contributed by atoms with Crippen LogP contribution in [0.4, 0.5) is 4.39 Å². The van der Waals surface area contributed by atoms with Gasteiger partial charge in [0.05, 0.1) is 11.0 Å². The topological polar surface area (TPSA) is 48.5 Å². The molecule has 4 aromatic rings. The quantitative estimate of drug-likeness (QED) is 0.571. The highest BCUT2D eigenvalue weighted by Gasteiger charge is 2.17. The summed E-state index contributed by atoms with van der Waals surface area (Å²) in [6, 6.07) is 12.3. The summed E-state index contributed by atoms with van der Waals surface area (Å²) in [6.07, 6.45) is 1.43. The van der Waals surface area contributed by atoms with Crippen LogP contribution in [0, 0.1) is 12.7 Å². The van der Waals surface area contributed by atoms with E-state index in [0.29, 0.717) is 11.5 Å². The monoisotopic (exact) mass is 307 g/mol. The van der Waals surface area contributed by atoms with Crippen LogP contribution >= 0.6 is 0 Å². The van der Waals surface area contributed by atoms with Crippen molar-refractivity contribution in [1.82, 2.24) is 24.3 Å². The van der Waals surface area contributed by atoms with Gasteiger partial charge in [-0.1, -0.05) is 18.2 Å². The molecule has 0 bridgehead atoms.